The fourth-order valence-electron chi connectivity index (χ4n) is 3.64. The van der Waals surface area contributed by atoms with Gasteiger partial charge in [-0.05, 0) is 63.7 Å². The number of rotatable bonds is 5. The van der Waals surface area contributed by atoms with Crippen molar-refractivity contribution in [1.29, 1.82) is 0 Å². The Bertz CT molecular complexity index is 223. The first-order chi connectivity index (χ1) is 8.77. The largest absolute Gasteiger partial charge is 0.314 e. The second kappa shape index (κ2) is 7.49. The van der Waals surface area contributed by atoms with Crippen LogP contribution in [0.15, 0.2) is 0 Å². The summed E-state index contributed by atoms with van der Waals surface area (Å²) >= 11 is 0. The molecule has 1 N–H and O–H groups in total. The van der Waals surface area contributed by atoms with E-state index in [4.69, 9.17) is 0 Å². The normalized spacial score (nSPS) is 34.7. The molecular weight excluding hydrogens is 220 g/mol. The van der Waals surface area contributed by atoms with Crippen molar-refractivity contribution >= 4 is 0 Å². The van der Waals surface area contributed by atoms with Gasteiger partial charge in [-0.25, -0.2) is 0 Å². The Morgan fingerprint density at radius 2 is 1.78 bits per heavy atom. The maximum Gasteiger partial charge on any atom is 0.00952 e. The SMILES string of the molecule is CC1CCCC(NCCCN2CCCCC2)C1C. The van der Waals surface area contributed by atoms with Crippen LogP contribution >= 0.6 is 0 Å². The zero-order valence-corrected chi connectivity index (χ0v) is 12.5. The molecule has 3 atom stereocenters. The summed E-state index contributed by atoms with van der Waals surface area (Å²) in [6, 6.07) is 0.787. The van der Waals surface area contributed by atoms with E-state index in [9.17, 15) is 0 Å². The van der Waals surface area contributed by atoms with E-state index in [1.54, 1.807) is 0 Å². The van der Waals surface area contributed by atoms with Gasteiger partial charge >= 0.3 is 0 Å². The third-order valence-corrected chi connectivity index (χ3v) is 5.21. The van der Waals surface area contributed by atoms with Crippen LogP contribution in [0.4, 0.5) is 0 Å². The molecule has 1 aliphatic heterocycles. The predicted molar refractivity (Wildman–Crippen MR) is 78.9 cm³/mol. The first kappa shape index (κ1) is 14.3. The lowest BCUT2D eigenvalue weighted by Gasteiger charge is -2.35. The topological polar surface area (TPSA) is 15.3 Å². The fourth-order valence-corrected chi connectivity index (χ4v) is 3.64. The second-order valence-corrected chi connectivity index (χ2v) is 6.58. The van der Waals surface area contributed by atoms with E-state index in [0.717, 1.165) is 17.9 Å². The van der Waals surface area contributed by atoms with Gasteiger partial charge in [0.05, 0.1) is 0 Å². The Balaban J connectivity index is 1.57. The number of hydrogen-bond donors (Lipinski definition) is 1. The zero-order valence-electron chi connectivity index (χ0n) is 12.5. The molecule has 2 aliphatic rings. The van der Waals surface area contributed by atoms with E-state index < -0.39 is 0 Å². The average Bonchev–Trinajstić information content (AvgIpc) is 2.40. The summed E-state index contributed by atoms with van der Waals surface area (Å²) < 4.78 is 0. The van der Waals surface area contributed by atoms with Crippen LogP contribution in [-0.2, 0) is 0 Å². The van der Waals surface area contributed by atoms with E-state index in [2.05, 4.69) is 24.1 Å². The lowest BCUT2D eigenvalue weighted by molar-refractivity contribution is 0.197. The van der Waals surface area contributed by atoms with Crippen LogP contribution in [0.25, 0.3) is 0 Å². The minimum atomic E-state index is 0.787. The van der Waals surface area contributed by atoms with Crippen LogP contribution in [0.1, 0.15) is 58.8 Å². The van der Waals surface area contributed by atoms with Gasteiger partial charge < -0.3 is 10.2 Å². The summed E-state index contributed by atoms with van der Waals surface area (Å²) in [5, 5.41) is 3.81. The molecule has 1 heterocycles. The highest BCUT2D eigenvalue weighted by Crippen LogP contribution is 2.29. The van der Waals surface area contributed by atoms with Crippen molar-refractivity contribution in [2.24, 2.45) is 11.8 Å². The molecule has 1 saturated carbocycles. The second-order valence-electron chi connectivity index (χ2n) is 6.58. The van der Waals surface area contributed by atoms with Crippen molar-refractivity contribution in [3.63, 3.8) is 0 Å². The molecule has 106 valence electrons. The van der Waals surface area contributed by atoms with Crippen molar-refractivity contribution in [2.45, 2.75) is 64.8 Å². The smallest absolute Gasteiger partial charge is 0.00952 e. The monoisotopic (exact) mass is 252 g/mol. The highest BCUT2D eigenvalue weighted by molar-refractivity contribution is 4.82. The van der Waals surface area contributed by atoms with Crippen LogP contribution in [-0.4, -0.2) is 37.1 Å². The molecule has 0 aromatic carbocycles. The molecule has 1 aliphatic carbocycles. The van der Waals surface area contributed by atoms with Crippen molar-refractivity contribution in [3.05, 3.63) is 0 Å². The van der Waals surface area contributed by atoms with Gasteiger partial charge in [-0.3, -0.25) is 0 Å². The number of hydrogen-bond acceptors (Lipinski definition) is 2. The van der Waals surface area contributed by atoms with E-state index in [0.29, 0.717) is 0 Å². The minimum Gasteiger partial charge on any atom is -0.314 e. The van der Waals surface area contributed by atoms with Crippen molar-refractivity contribution in [3.8, 4) is 0 Å². The van der Waals surface area contributed by atoms with Gasteiger partial charge in [0, 0.05) is 6.04 Å². The van der Waals surface area contributed by atoms with Crippen LogP contribution in [0.5, 0.6) is 0 Å². The van der Waals surface area contributed by atoms with E-state index >= 15 is 0 Å². The number of nitrogens with one attached hydrogen (secondary N) is 1. The van der Waals surface area contributed by atoms with Gasteiger partial charge in [-0.2, -0.15) is 0 Å². The minimum absolute atomic E-state index is 0.787. The molecule has 0 bridgehead atoms. The standard InChI is InChI=1S/C16H32N2/c1-14-8-6-9-16(15(14)2)17-10-7-13-18-11-4-3-5-12-18/h14-17H,3-13H2,1-2H3. The highest BCUT2D eigenvalue weighted by Gasteiger charge is 2.26. The fraction of sp³-hybridized carbons (Fsp3) is 1.00. The number of likely N-dealkylation sites (tertiary alicyclic amines) is 1. The predicted octanol–water partition coefficient (Wildman–Crippen LogP) is 3.28. The van der Waals surface area contributed by atoms with E-state index in [1.807, 2.05) is 0 Å². The van der Waals surface area contributed by atoms with Crippen LogP contribution in [0.3, 0.4) is 0 Å². The molecule has 2 nitrogen and oxygen atoms in total. The summed E-state index contributed by atoms with van der Waals surface area (Å²) in [5.74, 6) is 1.78. The first-order valence-electron chi connectivity index (χ1n) is 8.23. The van der Waals surface area contributed by atoms with Gasteiger partial charge in [-0.15, -0.1) is 0 Å². The molecule has 2 fully saturated rings. The Morgan fingerprint density at radius 1 is 1.00 bits per heavy atom. The number of piperidine rings is 1. The highest BCUT2D eigenvalue weighted by atomic mass is 15.1. The Labute approximate surface area is 114 Å². The summed E-state index contributed by atoms with van der Waals surface area (Å²) in [4.78, 5) is 2.65. The zero-order chi connectivity index (χ0) is 12.8. The van der Waals surface area contributed by atoms with Crippen molar-refractivity contribution < 1.29 is 0 Å². The Hall–Kier alpha value is -0.0800. The molecule has 2 heteroatoms. The molecule has 0 radical (unpaired) electrons. The Morgan fingerprint density at radius 3 is 2.56 bits per heavy atom. The van der Waals surface area contributed by atoms with Crippen molar-refractivity contribution in [2.75, 3.05) is 26.2 Å². The molecule has 0 aromatic rings. The van der Waals surface area contributed by atoms with Crippen LogP contribution < -0.4 is 5.32 Å². The third-order valence-electron chi connectivity index (χ3n) is 5.21. The number of nitrogens with zero attached hydrogens (tertiary/aromatic N) is 1. The van der Waals surface area contributed by atoms with Gasteiger partial charge in [0.15, 0.2) is 0 Å². The van der Waals surface area contributed by atoms with E-state index in [-0.39, 0.29) is 0 Å². The maximum atomic E-state index is 3.81. The van der Waals surface area contributed by atoms with Crippen LogP contribution in [0.2, 0.25) is 0 Å². The molecule has 3 unspecified atom stereocenters. The van der Waals surface area contributed by atoms with Crippen LogP contribution in [0, 0.1) is 11.8 Å². The molecule has 1 saturated heterocycles. The maximum absolute atomic E-state index is 3.81. The van der Waals surface area contributed by atoms with Gasteiger partial charge in [-0.1, -0.05) is 33.1 Å². The summed E-state index contributed by atoms with van der Waals surface area (Å²) in [6.45, 7) is 10.1. The Kier molecular flexibility index (Phi) is 5.97. The lowest BCUT2D eigenvalue weighted by Crippen LogP contribution is -2.42. The molecule has 0 aromatic heterocycles. The quantitative estimate of drug-likeness (QED) is 0.755. The third kappa shape index (κ3) is 4.24. The van der Waals surface area contributed by atoms with E-state index in [1.165, 1.54) is 71.1 Å². The summed E-state index contributed by atoms with van der Waals surface area (Å²) in [7, 11) is 0. The molecule has 0 spiro atoms. The average molecular weight is 252 g/mol. The van der Waals surface area contributed by atoms with Gasteiger partial charge in [0.2, 0.25) is 0 Å². The summed E-state index contributed by atoms with van der Waals surface area (Å²) in [5.41, 5.74) is 0. The molecular formula is C16H32N2. The molecule has 0 amide bonds. The van der Waals surface area contributed by atoms with Gasteiger partial charge in [0.25, 0.3) is 0 Å². The van der Waals surface area contributed by atoms with Gasteiger partial charge in [0.1, 0.15) is 0 Å². The first-order valence-corrected chi connectivity index (χ1v) is 8.23. The molecule has 2 rings (SSSR count). The lowest BCUT2D eigenvalue weighted by atomic mass is 9.78. The summed E-state index contributed by atoms with van der Waals surface area (Å²) in [6.07, 6.45) is 9.89. The van der Waals surface area contributed by atoms with Crippen molar-refractivity contribution in [1.82, 2.24) is 10.2 Å². The molecule has 18 heavy (non-hydrogen) atoms.